The SMILES string of the molecule is Cc1cc(C(O)C(O)c2cc(C)c(O)c(C)c2)cc(C)c1O. The van der Waals surface area contributed by atoms with E-state index in [0.717, 1.165) is 0 Å². The Hall–Kier alpha value is -2.04. The molecule has 0 saturated carbocycles. The van der Waals surface area contributed by atoms with Crippen LogP contribution in [0.25, 0.3) is 0 Å². The van der Waals surface area contributed by atoms with Gasteiger partial charge in [0, 0.05) is 0 Å². The molecule has 4 nitrogen and oxygen atoms in total. The van der Waals surface area contributed by atoms with E-state index in [1.165, 1.54) is 0 Å². The average Bonchev–Trinajstić information content (AvgIpc) is 2.47. The lowest BCUT2D eigenvalue weighted by molar-refractivity contribution is 0.0171. The van der Waals surface area contributed by atoms with Crippen molar-refractivity contribution in [1.29, 1.82) is 0 Å². The molecule has 2 aromatic carbocycles. The van der Waals surface area contributed by atoms with Crippen LogP contribution in [0.4, 0.5) is 0 Å². The molecule has 2 aromatic rings. The molecule has 0 saturated heterocycles. The van der Waals surface area contributed by atoms with Gasteiger partial charge in [-0.3, -0.25) is 0 Å². The van der Waals surface area contributed by atoms with Crippen LogP contribution in [0.3, 0.4) is 0 Å². The minimum absolute atomic E-state index is 0.196. The Kier molecular flexibility index (Phi) is 4.44. The van der Waals surface area contributed by atoms with Crippen molar-refractivity contribution in [2.45, 2.75) is 39.9 Å². The summed E-state index contributed by atoms with van der Waals surface area (Å²) in [5.74, 6) is 0.392. The number of phenolic OH excluding ortho intramolecular Hbond substituents is 2. The standard InChI is InChI=1S/C18H22O4/c1-9-5-13(6-10(2)15(9)19)17(21)18(22)14-7-11(3)16(20)12(4)8-14/h5-8,17-22H,1-4H3. The monoisotopic (exact) mass is 302 g/mol. The lowest BCUT2D eigenvalue weighted by atomic mass is 9.93. The summed E-state index contributed by atoms with van der Waals surface area (Å²) in [4.78, 5) is 0. The smallest absolute Gasteiger partial charge is 0.121 e. The van der Waals surface area contributed by atoms with E-state index in [1.807, 2.05) is 0 Å². The molecule has 118 valence electrons. The molecular formula is C18H22O4. The van der Waals surface area contributed by atoms with Crippen LogP contribution in [0.15, 0.2) is 24.3 Å². The van der Waals surface area contributed by atoms with Crippen molar-refractivity contribution in [2.75, 3.05) is 0 Å². The molecule has 22 heavy (non-hydrogen) atoms. The number of hydrogen-bond donors (Lipinski definition) is 4. The third-order valence-electron chi connectivity index (χ3n) is 4.01. The minimum Gasteiger partial charge on any atom is -0.507 e. The Bertz CT molecular complexity index is 599. The van der Waals surface area contributed by atoms with Crippen molar-refractivity contribution in [3.8, 4) is 11.5 Å². The van der Waals surface area contributed by atoms with Gasteiger partial charge in [-0.05, 0) is 85.3 Å². The summed E-state index contributed by atoms with van der Waals surface area (Å²) >= 11 is 0. The van der Waals surface area contributed by atoms with Gasteiger partial charge in [0.15, 0.2) is 0 Å². The van der Waals surface area contributed by atoms with E-state index in [2.05, 4.69) is 0 Å². The second-order valence-electron chi connectivity index (χ2n) is 5.90. The first-order valence-electron chi connectivity index (χ1n) is 7.18. The van der Waals surface area contributed by atoms with Crippen LogP contribution < -0.4 is 0 Å². The van der Waals surface area contributed by atoms with E-state index in [9.17, 15) is 20.4 Å². The quantitative estimate of drug-likeness (QED) is 0.702. The second-order valence-corrected chi connectivity index (χ2v) is 5.90. The first-order chi connectivity index (χ1) is 10.2. The average molecular weight is 302 g/mol. The lowest BCUT2D eigenvalue weighted by Crippen LogP contribution is -2.11. The molecular weight excluding hydrogens is 280 g/mol. The number of aliphatic hydroxyl groups excluding tert-OH is 2. The van der Waals surface area contributed by atoms with Gasteiger partial charge in [0.05, 0.1) is 0 Å². The fourth-order valence-corrected chi connectivity index (χ4v) is 2.68. The Morgan fingerprint density at radius 1 is 0.591 bits per heavy atom. The maximum Gasteiger partial charge on any atom is 0.121 e. The number of rotatable bonds is 3. The largest absolute Gasteiger partial charge is 0.507 e. The number of aromatic hydroxyl groups is 2. The summed E-state index contributed by atoms with van der Waals surface area (Å²) < 4.78 is 0. The summed E-state index contributed by atoms with van der Waals surface area (Å²) in [6, 6.07) is 6.65. The minimum atomic E-state index is -1.11. The van der Waals surface area contributed by atoms with Crippen molar-refractivity contribution in [1.82, 2.24) is 0 Å². The van der Waals surface area contributed by atoms with Gasteiger partial charge in [-0.15, -0.1) is 0 Å². The van der Waals surface area contributed by atoms with Gasteiger partial charge in [0.25, 0.3) is 0 Å². The fraction of sp³-hybridized carbons (Fsp3) is 0.333. The van der Waals surface area contributed by atoms with Gasteiger partial charge in [-0.2, -0.15) is 0 Å². The van der Waals surface area contributed by atoms with Crippen molar-refractivity contribution >= 4 is 0 Å². The molecule has 0 radical (unpaired) electrons. The van der Waals surface area contributed by atoms with Crippen LogP contribution in [0.5, 0.6) is 11.5 Å². The van der Waals surface area contributed by atoms with Crippen LogP contribution in [-0.2, 0) is 0 Å². The molecule has 0 aromatic heterocycles. The normalized spacial score (nSPS) is 13.9. The highest BCUT2D eigenvalue weighted by atomic mass is 16.3. The molecule has 2 atom stereocenters. The highest BCUT2D eigenvalue weighted by Crippen LogP contribution is 2.35. The van der Waals surface area contributed by atoms with E-state index >= 15 is 0 Å². The molecule has 0 amide bonds. The van der Waals surface area contributed by atoms with Gasteiger partial charge < -0.3 is 20.4 Å². The molecule has 0 aliphatic carbocycles. The van der Waals surface area contributed by atoms with E-state index in [-0.39, 0.29) is 11.5 Å². The fourth-order valence-electron chi connectivity index (χ4n) is 2.68. The Morgan fingerprint density at radius 3 is 1.05 bits per heavy atom. The van der Waals surface area contributed by atoms with Crippen LogP contribution >= 0.6 is 0 Å². The van der Waals surface area contributed by atoms with Gasteiger partial charge >= 0.3 is 0 Å². The van der Waals surface area contributed by atoms with Gasteiger partial charge in [0.2, 0.25) is 0 Å². The highest BCUT2D eigenvalue weighted by molar-refractivity contribution is 5.45. The molecule has 0 fully saturated rings. The molecule has 0 aliphatic rings. The molecule has 2 unspecified atom stereocenters. The first-order valence-corrected chi connectivity index (χ1v) is 7.18. The zero-order valence-corrected chi connectivity index (χ0v) is 13.3. The lowest BCUT2D eigenvalue weighted by Gasteiger charge is -2.21. The van der Waals surface area contributed by atoms with Crippen molar-refractivity contribution in [3.63, 3.8) is 0 Å². The summed E-state index contributed by atoms with van der Waals surface area (Å²) in [6.45, 7) is 7.00. The predicted molar refractivity (Wildman–Crippen MR) is 85.1 cm³/mol. The zero-order valence-electron chi connectivity index (χ0n) is 13.3. The summed E-state index contributed by atoms with van der Waals surface area (Å²) in [7, 11) is 0. The summed E-state index contributed by atoms with van der Waals surface area (Å²) in [5, 5.41) is 40.5. The van der Waals surface area contributed by atoms with E-state index in [0.29, 0.717) is 33.4 Å². The number of aliphatic hydroxyl groups is 2. The highest BCUT2D eigenvalue weighted by Gasteiger charge is 2.22. The van der Waals surface area contributed by atoms with Crippen LogP contribution in [0.2, 0.25) is 0 Å². The van der Waals surface area contributed by atoms with Gasteiger partial charge in [-0.1, -0.05) is 0 Å². The first kappa shape index (κ1) is 16.3. The number of phenols is 2. The van der Waals surface area contributed by atoms with Crippen LogP contribution in [-0.4, -0.2) is 20.4 Å². The topological polar surface area (TPSA) is 80.9 Å². The molecule has 0 aliphatic heterocycles. The molecule has 4 N–H and O–H groups in total. The predicted octanol–water partition coefficient (Wildman–Crippen LogP) is 3.10. The maximum absolute atomic E-state index is 10.4. The molecule has 0 spiro atoms. The van der Waals surface area contributed by atoms with Gasteiger partial charge in [-0.25, -0.2) is 0 Å². The third-order valence-corrected chi connectivity index (χ3v) is 4.01. The number of hydrogen-bond acceptors (Lipinski definition) is 4. The second kappa shape index (κ2) is 5.99. The van der Waals surface area contributed by atoms with Gasteiger partial charge in [0.1, 0.15) is 23.7 Å². The van der Waals surface area contributed by atoms with Crippen LogP contribution in [0.1, 0.15) is 45.6 Å². The van der Waals surface area contributed by atoms with Crippen LogP contribution in [0, 0.1) is 27.7 Å². The third kappa shape index (κ3) is 2.93. The van der Waals surface area contributed by atoms with E-state index < -0.39 is 12.2 Å². The summed E-state index contributed by atoms with van der Waals surface area (Å²) in [5.41, 5.74) is 3.70. The van der Waals surface area contributed by atoms with E-state index in [1.54, 1.807) is 52.0 Å². The molecule has 2 rings (SSSR count). The Labute approximate surface area is 130 Å². The van der Waals surface area contributed by atoms with E-state index in [4.69, 9.17) is 0 Å². The zero-order chi connectivity index (χ0) is 16.6. The molecule has 0 heterocycles. The Balaban J connectivity index is 2.39. The molecule has 0 bridgehead atoms. The number of benzene rings is 2. The van der Waals surface area contributed by atoms with Crippen molar-refractivity contribution < 1.29 is 20.4 Å². The Morgan fingerprint density at radius 2 is 0.818 bits per heavy atom. The number of aryl methyl sites for hydroxylation is 4. The van der Waals surface area contributed by atoms with Crippen molar-refractivity contribution in [3.05, 3.63) is 57.6 Å². The summed E-state index contributed by atoms with van der Waals surface area (Å²) in [6.07, 6.45) is -2.22. The van der Waals surface area contributed by atoms with Crippen molar-refractivity contribution in [2.24, 2.45) is 0 Å². The maximum atomic E-state index is 10.4. The molecule has 4 heteroatoms.